The van der Waals surface area contributed by atoms with E-state index >= 15 is 0 Å². The maximum absolute atomic E-state index is 13.1. The highest BCUT2D eigenvalue weighted by Crippen LogP contribution is 2.26. The van der Waals surface area contributed by atoms with E-state index in [1.807, 2.05) is 24.3 Å². The van der Waals surface area contributed by atoms with Crippen molar-refractivity contribution in [1.82, 2.24) is 5.32 Å². The molecule has 1 aliphatic rings. The standard InChI is InChI=1S/C18H21FN2O/c19-16-6-4-5-15(11-16)12-20-13-18(22)9-10-21(14-18)17-7-2-1-3-8-17/h1-8,11,20,22H,9-10,12-14H2. The van der Waals surface area contributed by atoms with Gasteiger partial charge in [-0.1, -0.05) is 30.3 Å². The molecule has 0 saturated carbocycles. The molecular formula is C18H21FN2O. The molecule has 1 fully saturated rings. The highest BCUT2D eigenvalue weighted by molar-refractivity contribution is 5.47. The summed E-state index contributed by atoms with van der Waals surface area (Å²) >= 11 is 0. The average Bonchev–Trinajstić information content (AvgIpc) is 2.91. The summed E-state index contributed by atoms with van der Waals surface area (Å²) in [7, 11) is 0. The zero-order chi connectivity index (χ0) is 15.4. The van der Waals surface area contributed by atoms with Crippen LogP contribution < -0.4 is 10.2 Å². The zero-order valence-electron chi connectivity index (χ0n) is 12.5. The number of rotatable bonds is 5. The average molecular weight is 300 g/mol. The van der Waals surface area contributed by atoms with Gasteiger partial charge in [0.25, 0.3) is 0 Å². The van der Waals surface area contributed by atoms with E-state index in [0.29, 0.717) is 19.6 Å². The summed E-state index contributed by atoms with van der Waals surface area (Å²) < 4.78 is 13.1. The molecule has 1 heterocycles. The van der Waals surface area contributed by atoms with Gasteiger partial charge in [0.2, 0.25) is 0 Å². The molecule has 1 unspecified atom stereocenters. The zero-order valence-corrected chi connectivity index (χ0v) is 12.5. The lowest BCUT2D eigenvalue weighted by Crippen LogP contribution is -2.42. The SMILES string of the molecule is OC1(CNCc2cccc(F)c2)CCN(c2ccccc2)C1. The third-order valence-corrected chi connectivity index (χ3v) is 4.13. The van der Waals surface area contributed by atoms with Crippen LogP contribution in [0.4, 0.5) is 10.1 Å². The second kappa shape index (κ2) is 6.46. The lowest BCUT2D eigenvalue weighted by atomic mass is 10.0. The minimum absolute atomic E-state index is 0.228. The first-order valence-electron chi connectivity index (χ1n) is 7.62. The number of para-hydroxylation sites is 1. The summed E-state index contributed by atoms with van der Waals surface area (Å²) in [5.41, 5.74) is 1.30. The fraction of sp³-hybridized carbons (Fsp3) is 0.333. The third-order valence-electron chi connectivity index (χ3n) is 4.13. The molecule has 2 aromatic rings. The monoisotopic (exact) mass is 300 g/mol. The molecule has 0 amide bonds. The van der Waals surface area contributed by atoms with Crippen LogP contribution in [0.15, 0.2) is 54.6 Å². The van der Waals surface area contributed by atoms with E-state index in [0.717, 1.165) is 24.2 Å². The van der Waals surface area contributed by atoms with Crippen molar-refractivity contribution in [2.75, 3.05) is 24.5 Å². The van der Waals surface area contributed by atoms with Gasteiger partial charge in [-0.05, 0) is 36.2 Å². The van der Waals surface area contributed by atoms with Gasteiger partial charge in [0.1, 0.15) is 5.82 Å². The normalized spacial score (nSPS) is 21.3. The van der Waals surface area contributed by atoms with Gasteiger partial charge in [-0.25, -0.2) is 4.39 Å². The molecular weight excluding hydrogens is 279 g/mol. The van der Waals surface area contributed by atoms with Gasteiger partial charge in [-0.3, -0.25) is 0 Å². The Morgan fingerprint density at radius 2 is 1.95 bits per heavy atom. The lowest BCUT2D eigenvalue weighted by Gasteiger charge is -2.25. The molecule has 2 N–H and O–H groups in total. The van der Waals surface area contributed by atoms with E-state index in [9.17, 15) is 9.50 Å². The number of hydrogen-bond donors (Lipinski definition) is 2. The van der Waals surface area contributed by atoms with Gasteiger partial charge < -0.3 is 15.3 Å². The number of hydrogen-bond acceptors (Lipinski definition) is 3. The summed E-state index contributed by atoms with van der Waals surface area (Å²) in [5, 5.41) is 13.9. The molecule has 3 rings (SSSR count). The maximum atomic E-state index is 13.1. The van der Waals surface area contributed by atoms with Crippen molar-refractivity contribution in [3.05, 3.63) is 66.0 Å². The topological polar surface area (TPSA) is 35.5 Å². The molecule has 2 aromatic carbocycles. The molecule has 1 atom stereocenters. The first-order chi connectivity index (χ1) is 10.6. The highest BCUT2D eigenvalue weighted by atomic mass is 19.1. The fourth-order valence-electron chi connectivity index (χ4n) is 2.95. The summed E-state index contributed by atoms with van der Waals surface area (Å²) in [5.74, 6) is -0.228. The Morgan fingerprint density at radius 1 is 1.14 bits per heavy atom. The Balaban J connectivity index is 1.52. The predicted octanol–water partition coefficient (Wildman–Crippen LogP) is 2.56. The number of benzene rings is 2. The molecule has 22 heavy (non-hydrogen) atoms. The van der Waals surface area contributed by atoms with Crippen molar-refractivity contribution >= 4 is 5.69 Å². The second-order valence-electron chi connectivity index (χ2n) is 5.96. The number of nitrogens with one attached hydrogen (secondary N) is 1. The molecule has 0 aliphatic carbocycles. The molecule has 0 spiro atoms. The van der Waals surface area contributed by atoms with Crippen LogP contribution in [0.3, 0.4) is 0 Å². The van der Waals surface area contributed by atoms with Gasteiger partial charge in [0.15, 0.2) is 0 Å². The maximum Gasteiger partial charge on any atom is 0.123 e. The first-order valence-corrected chi connectivity index (χ1v) is 7.62. The molecule has 0 aromatic heterocycles. The van der Waals surface area contributed by atoms with E-state index in [4.69, 9.17) is 0 Å². The Hall–Kier alpha value is -1.91. The first kappa shape index (κ1) is 15.0. The van der Waals surface area contributed by atoms with Crippen molar-refractivity contribution < 1.29 is 9.50 Å². The van der Waals surface area contributed by atoms with E-state index in [2.05, 4.69) is 22.3 Å². The molecule has 0 radical (unpaired) electrons. The van der Waals surface area contributed by atoms with Gasteiger partial charge in [0.05, 0.1) is 5.60 Å². The van der Waals surface area contributed by atoms with Crippen LogP contribution in [0.1, 0.15) is 12.0 Å². The van der Waals surface area contributed by atoms with Crippen molar-refractivity contribution in [2.24, 2.45) is 0 Å². The number of aliphatic hydroxyl groups is 1. The van der Waals surface area contributed by atoms with Gasteiger partial charge in [0, 0.05) is 31.9 Å². The molecule has 1 saturated heterocycles. The smallest absolute Gasteiger partial charge is 0.123 e. The molecule has 3 nitrogen and oxygen atoms in total. The lowest BCUT2D eigenvalue weighted by molar-refractivity contribution is 0.0627. The van der Waals surface area contributed by atoms with Crippen LogP contribution in [0.5, 0.6) is 0 Å². The Morgan fingerprint density at radius 3 is 2.73 bits per heavy atom. The molecule has 0 bridgehead atoms. The largest absolute Gasteiger partial charge is 0.387 e. The molecule has 116 valence electrons. The minimum atomic E-state index is -0.733. The van der Waals surface area contributed by atoms with Crippen LogP contribution >= 0.6 is 0 Å². The van der Waals surface area contributed by atoms with Crippen molar-refractivity contribution in [1.29, 1.82) is 0 Å². The van der Waals surface area contributed by atoms with E-state index < -0.39 is 5.60 Å². The van der Waals surface area contributed by atoms with Crippen molar-refractivity contribution in [3.63, 3.8) is 0 Å². The third kappa shape index (κ3) is 3.64. The highest BCUT2D eigenvalue weighted by Gasteiger charge is 2.35. The van der Waals surface area contributed by atoms with Crippen LogP contribution in [-0.4, -0.2) is 30.3 Å². The number of β-amino-alcohol motifs (C(OH)–C–C–N with tert-alkyl or cyclic N) is 1. The van der Waals surface area contributed by atoms with Crippen LogP contribution in [0, 0.1) is 5.82 Å². The summed E-state index contributed by atoms with van der Waals surface area (Å²) in [4.78, 5) is 2.20. The van der Waals surface area contributed by atoms with Crippen LogP contribution in [0.25, 0.3) is 0 Å². The number of halogens is 1. The number of nitrogens with zero attached hydrogens (tertiary/aromatic N) is 1. The quantitative estimate of drug-likeness (QED) is 0.891. The second-order valence-corrected chi connectivity index (χ2v) is 5.96. The summed E-state index contributed by atoms with van der Waals surface area (Å²) in [6.07, 6.45) is 0.734. The predicted molar refractivity (Wildman–Crippen MR) is 86.3 cm³/mol. The molecule has 4 heteroatoms. The van der Waals surface area contributed by atoms with E-state index in [1.54, 1.807) is 6.07 Å². The Bertz CT molecular complexity index is 619. The Labute approximate surface area is 130 Å². The number of anilines is 1. The van der Waals surface area contributed by atoms with Gasteiger partial charge in [-0.15, -0.1) is 0 Å². The fourth-order valence-corrected chi connectivity index (χ4v) is 2.95. The van der Waals surface area contributed by atoms with Crippen LogP contribution in [0.2, 0.25) is 0 Å². The van der Waals surface area contributed by atoms with Crippen molar-refractivity contribution in [2.45, 2.75) is 18.6 Å². The van der Waals surface area contributed by atoms with Gasteiger partial charge in [-0.2, -0.15) is 0 Å². The Kier molecular flexibility index (Phi) is 4.41. The van der Waals surface area contributed by atoms with E-state index in [1.165, 1.54) is 12.1 Å². The minimum Gasteiger partial charge on any atom is -0.387 e. The van der Waals surface area contributed by atoms with Crippen LogP contribution in [-0.2, 0) is 6.54 Å². The van der Waals surface area contributed by atoms with Crippen molar-refractivity contribution in [3.8, 4) is 0 Å². The summed E-state index contributed by atoms with van der Waals surface area (Å²) in [6, 6.07) is 16.7. The van der Waals surface area contributed by atoms with Gasteiger partial charge >= 0.3 is 0 Å². The summed E-state index contributed by atoms with van der Waals surface area (Å²) in [6.45, 7) is 2.54. The molecule has 1 aliphatic heterocycles. The van der Waals surface area contributed by atoms with E-state index in [-0.39, 0.29) is 5.82 Å².